The van der Waals surface area contributed by atoms with Gasteiger partial charge in [-0.05, 0) is 43.3 Å². The van der Waals surface area contributed by atoms with E-state index >= 15 is 0 Å². The normalized spacial score (nSPS) is 17.6. The molecule has 0 aliphatic carbocycles. The van der Waals surface area contributed by atoms with Gasteiger partial charge in [-0.3, -0.25) is 4.79 Å². The van der Waals surface area contributed by atoms with Gasteiger partial charge in [0, 0.05) is 10.6 Å². The van der Waals surface area contributed by atoms with E-state index in [4.69, 9.17) is 21.1 Å². The SMILES string of the molecule is C[C@H](NC(=O)c1ccc(Cl)cc1)[C@@H]1COc2ccccc2O1. The Bertz CT molecular complexity index is 672. The first kappa shape index (κ1) is 14.7. The number of para-hydroxylation sites is 2. The van der Waals surface area contributed by atoms with Crippen molar-refractivity contribution in [3.8, 4) is 11.5 Å². The van der Waals surface area contributed by atoms with E-state index in [-0.39, 0.29) is 18.1 Å². The molecule has 0 fully saturated rings. The summed E-state index contributed by atoms with van der Waals surface area (Å²) in [4.78, 5) is 12.2. The molecule has 2 aromatic rings. The van der Waals surface area contributed by atoms with E-state index in [9.17, 15) is 4.79 Å². The summed E-state index contributed by atoms with van der Waals surface area (Å²) < 4.78 is 11.6. The van der Waals surface area contributed by atoms with E-state index in [1.807, 2.05) is 31.2 Å². The van der Waals surface area contributed by atoms with Crippen LogP contribution < -0.4 is 14.8 Å². The first-order valence-corrected chi connectivity index (χ1v) is 7.46. The van der Waals surface area contributed by atoms with Gasteiger partial charge in [0.1, 0.15) is 6.61 Å². The van der Waals surface area contributed by atoms with Crippen molar-refractivity contribution in [1.82, 2.24) is 5.32 Å². The summed E-state index contributed by atoms with van der Waals surface area (Å²) in [5.41, 5.74) is 0.563. The highest BCUT2D eigenvalue weighted by atomic mass is 35.5. The molecule has 0 bridgehead atoms. The van der Waals surface area contributed by atoms with E-state index in [2.05, 4.69) is 5.32 Å². The van der Waals surface area contributed by atoms with Gasteiger partial charge in [-0.15, -0.1) is 0 Å². The van der Waals surface area contributed by atoms with Crippen LogP contribution in [0.3, 0.4) is 0 Å². The molecular weight excluding hydrogens is 302 g/mol. The average molecular weight is 318 g/mol. The summed E-state index contributed by atoms with van der Waals surface area (Å²) in [7, 11) is 0. The lowest BCUT2D eigenvalue weighted by Crippen LogP contribution is -2.48. The van der Waals surface area contributed by atoms with Crippen LogP contribution in [0.25, 0.3) is 0 Å². The molecule has 0 unspecified atom stereocenters. The number of hydrogen-bond donors (Lipinski definition) is 1. The van der Waals surface area contributed by atoms with Gasteiger partial charge in [-0.1, -0.05) is 23.7 Å². The number of carbonyl (C=O) groups is 1. The zero-order valence-electron chi connectivity index (χ0n) is 12.1. The molecule has 2 aromatic carbocycles. The lowest BCUT2D eigenvalue weighted by molar-refractivity contribution is 0.0606. The van der Waals surface area contributed by atoms with Gasteiger partial charge in [0.2, 0.25) is 0 Å². The third kappa shape index (κ3) is 3.17. The number of carbonyl (C=O) groups excluding carboxylic acids is 1. The van der Waals surface area contributed by atoms with Crippen molar-refractivity contribution in [3.63, 3.8) is 0 Å². The van der Waals surface area contributed by atoms with Crippen LogP contribution in [0.1, 0.15) is 17.3 Å². The number of benzene rings is 2. The standard InChI is InChI=1S/C17H16ClNO3/c1-11(19-17(20)12-6-8-13(18)9-7-12)16-10-21-14-4-2-3-5-15(14)22-16/h2-9,11,16H,10H2,1H3,(H,19,20)/t11-,16-/m0/s1. The van der Waals surface area contributed by atoms with Crippen LogP contribution in [0.4, 0.5) is 0 Å². The number of fused-ring (bicyclic) bond motifs is 1. The van der Waals surface area contributed by atoms with Crippen molar-refractivity contribution in [3.05, 3.63) is 59.1 Å². The highest BCUT2D eigenvalue weighted by molar-refractivity contribution is 6.30. The summed E-state index contributed by atoms with van der Waals surface area (Å²) >= 11 is 5.82. The molecule has 5 heteroatoms. The average Bonchev–Trinajstić information content (AvgIpc) is 2.55. The maximum Gasteiger partial charge on any atom is 0.251 e. The van der Waals surface area contributed by atoms with E-state index in [0.29, 0.717) is 22.9 Å². The highest BCUT2D eigenvalue weighted by Gasteiger charge is 2.27. The van der Waals surface area contributed by atoms with E-state index in [0.717, 1.165) is 5.75 Å². The zero-order valence-corrected chi connectivity index (χ0v) is 12.8. The largest absolute Gasteiger partial charge is 0.486 e. The number of ether oxygens (including phenoxy) is 2. The first-order chi connectivity index (χ1) is 10.6. The second-order valence-electron chi connectivity index (χ2n) is 5.18. The van der Waals surface area contributed by atoms with Gasteiger partial charge < -0.3 is 14.8 Å². The molecule has 1 aliphatic heterocycles. The minimum absolute atomic E-state index is 0.161. The first-order valence-electron chi connectivity index (χ1n) is 7.08. The van der Waals surface area contributed by atoms with Gasteiger partial charge in [-0.25, -0.2) is 0 Å². The molecule has 2 atom stereocenters. The Hall–Kier alpha value is -2.20. The molecule has 0 saturated heterocycles. The highest BCUT2D eigenvalue weighted by Crippen LogP contribution is 2.31. The number of rotatable bonds is 3. The molecule has 1 amide bonds. The van der Waals surface area contributed by atoms with Crippen molar-refractivity contribution in [2.24, 2.45) is 0 Å². The molecule has 22 heavy (non-hydrogen) atoms. The molecule has 4 nitrogen and oxygen atoms in total. The molecule has 0 aromatic heterocycles. The Morgan fingerprint density at radius 2 is 1.86 bits per heavy atom. The number of halogens is 1. The van der Waals surface area contributed by atoms with Crippen LogP contribution in [0, 0.1) is 0 Å². The fraction of sp³-hybridized carbons (Fsp3) is 0.235. The van der Waals surface area contributed by atoms with Crippen molar-refractivity contribution in [2.75, 3.05) is 6.61 Å². The third-order valence-electron chi connectivity index (χ3n) is 3.55. The monoisotopic (exact) mass is 317 g/mol. The minimum atomic E-state index is -0.230. The molecule has 0 saturated carbocycles. The van der Waals surface area contributed by atoms with Crippen molar-refractivity contribution in [2.45, 2.75) is 19.1 Å². The molecule has 0 radical (unpaired) electrons. The zero-order chi connectivity index (χ0) is 15.5. The topological polar surface area (TPSA) is 47.6 Å². The Kier molecular flexibility index (Phi) is 4.20. The van der Waals surface area contributed by atoms with Crippen LogP contribution in [0.15, 0.2) is 48.5 Å². The lowest BCUT2D eigenvalue weighted by atomic mass is 10.1. The number of hydrogen-bond acceptors (Lipinski definition) is 3. The van der Waals surface area contributed by atoms with Gasteiger partial charge >= 0.3 is 0 Å². The fourth-order valence-corrected chi connectivity index (χ4v) is 2.39. The van der Waals surface area contributed by atoms with Crippen LogP contribution >= 0.6 is 11.6 Å². The fourth-order valence-electron chi connectivity index (χ4n) is 2.27. The number of nitrogens with one attached hydrogen (secondary N) is 1. The second-order valence-corrected chi connectivity index (χ2v) is 5.62. The van der Waals surface area contributed by atoms with Gasteiger partial charge in [0.15, 0.2) is 17.6 Å². The van der Waals surface area contributed by atoms with Crippen LogP contribution in [0.2, 0.25) is 5.02 Å². The Morgan fingerprint density at radius 1 is 1.18 bits per heavy atom. The predicted octanol–water partition coefficient (Wildman–Crippen LogP) is 3.30. The van der Waals surface area contributed by atoms with Crippen molar-refractivity contribution >= 4 is 17.5 Å². The second kappa shape index (κ2) is 6.28. The molecule has 0 spiro atoms. The van der Waals surface area contributed by atoms with Crippen LogP contribution in [-0.4, -0.2) is 24.7 Å². The molecule has 1 heterocycles. The van der Waals surface area contributed by atoms with Crippen LogP contribution in [0.5, 0.6) is 11.5 Å². The quantitative estimate of drug-likeness (QED) is 0.945. The number of amides is 1. The molecule has 3 rings (SSSR count). The molecule has 1 N–H and O–H groups in total. The van der Waals surface area contributed by atoms with E-state index < -0.39 is 0 Å². The van der Waals surface area contributed by atoms with Crippen molar-refractivity contribution in [1.29, 1.82) is 0 Å². The van der Waals surface area contributed by atoms with Crippen LogP contribution in [-0.2, 0) is 0 Å². The summed E-state index contributed by atoms with van der Waals surface area (Å²) in [6.45, 7) is 2.30. The maximum atomic E-state index is 12.2. The Labute approximate surface area is 134 Å². The van der Waals surface area contributed by atoms with Gasteiger partial charge in [0.25, 0.3) is 5.91 Å². The maximum absolute atomic E-state index is 12.2. The molecule has 114 valence electrons. The predicted molar refractivity (Wildman–Crippen MR) is 84.7 cm³/mol. The van der Waals surface area contributed by atoms with Gasteiger partial charge in [0.05, 0.1) is 6.04 Å². The Balaban J connectivity index is 1.64. The molecular formula is C17H16ClNO3. The van der Waals surface area contributed by atoms with Gasteiger partial charge in [-0.2, -0.15) is 0 Å². The van der Waals surface area contributed by atoms with Crippen molar-refractivity contribution < 1.29 is 14.3 Å². The summed E-state index contributed by atoms with van der Waals surface area (Å²) in [6.07, 6.45) is -0.230. The minimum Gasteiger partial charge on any atom is -0.486 e. The van der Waals surface area contributed by atoms with E-state index in [1.54, 1.807) is 24.3 Å². The molecule has 1 aliphatic rings. The smallest absolute Gasteiger partial charge is 0.251 e. The summed E-state index contributed by atoms with van der Waals surface area (Å²) in [5, 5.41) is 3.53. The third-order valence-corrected chi connectivity index (χ3v) is 3.81. The lowest BCUT2D eigenvalue weighted by Gasteiger charge is -2.30. The Morgan fingerprint density at radius 3 is 2.59 bits per heavy atom. The van der Waals surface area contributed by atoms with E-state index in [1.165, 1.54) is 0 Å². The summed E-state index contributed by atoms with van der Waals surface area (Å²) in [6, 6.07) is 14.1. The summed E-state index contributed by atoms with van der Waals surface area (Å²) in [5.74, 6) is 1.27.